The first-order chi connectivity index (χ1) is 3.56. The van der Waals surface area contributed by atoms with E-state index in [1.807, 2.05) is 0 Å². The van der Waals surface area contributed by atoms with Gasteiger partial charge in [-0.05, 0) is 24.7 Å². The summed E-state index contributed by atoms with van der Waals surface area (Å²) in [4.78, 5) is 0. The van der Waals surface area contributed by atoms with Crippen LogP contribution in [0.1, 0.15) is 27.2 Å². The van der Waals surface area contributed by atoms with Crippen LogP contribution in [0.3, 0.4) is 0 Å². The molecule has 0 atom stereocenters. The predicted octanol–water partition coefficient (Wildman–Crippen LogP) is 2.28. The third kappa shape index (κ3) is 6.31. The minimum absolute atomic E-state index is 0.378. The van der Waals surface area contributed by atoms with Crippen LogP contribution in [0.4, 0.5) is 0 Å². The van der Waals surface area contributed by atoms with E-state index in [1.165, 1.54) is 0 Å². The molecule has 0 radical (unpaired) electrons. The van der Waals surface area contributed by atoms with Gasteiger partial charge in [-0.1, -0.05) is 20.8 Å². The van der Waals surface area contributed by atoms with Crippen LogP contribution < -0.4 is 0 Å². The summed E-state index contributed by atoms with van der Waals surface area (Å²) in [5, 5.41) is 0. The molecular weight excluding hydrogens is 120 g/mol. The highest BCUT2D eigenvalue weighted by molar-refractivity contribution is 7.75. The van der Waals surface area contributed by atoms with Gasteiger partial charge in [-0.3, -0.25) is 0 Å². The summed E-state index contributed by atoms with van der Waals surface area (Å²) in [5.41, 5.74) is 0.378. The standard InChI is InChI=1S/C6H14OS/c1-6(2,3)4-5-7-8/h8H,4-5H2,1-3H3. The first kappa shape index (κ1) is 8.31. The minimum Gasteiger partial charge on any atom is -0.318 e. The topological polar surface area (TPSA) is 9.23 Å². The summed E-state index contributed by atoms with van der Waals surface area (Å²) in [6.45, 7) is 7.28. The molecule has 0 aromatic rings. The summed E-state index contributed by atoms with van der Waals surface area (Å²) in [7, 11) is 0. The monoisotopic (exact) mass is 134 g/mol. The maximum Gasteiger partial charge on any atom is 0.0615 e. The average Bonchev–Trinajstić information content (AvgIpc) is 1.59. The Hall–Kier alpha value is 0.310. The van der Waals surface area contributed by atoms with E-state index in [2.05, 4.69) is 37.9 Å². The Balaban J connectivity index is 3.11. The smallest absolute Gasteiger partial charge is 0.0615 e. The third-order valence-corrected chi connectivity index (χ3v) is 1.13. The van der Waals surface area contributed by atoms with Crippen LogP contribution in [-0.4, -0.2) is 6.61 Å². The van der Waals surface area contributed by atoms with Gasteiger partial charge in [0.1, 0.15) is 0 Å². The van der Waals surface area contributed by atoms with Crippen molar-refractivity contribution in [1.29, 1.82) is 0 Å². The third-order valence-electron chi connectivity index (χ3n) is 0.943. The van der Waals surface area contributed by atoms with Crippen LogP contribution in [0.25, 0.3) is 0 Å². The van der Waals surface area contributed by atoms with E-state index in [0.29, 0.717) is 5.41 Å². The molecule has 0 aliphatic rings. The Morgan fingerprint density at radius 3 is 2.00 bits per heavy atom. The van der Waals surface area contributed by atoms with E-state index in [0.717, 1.165) is 13.0 Å². The molecule has 0 unspecified atom stereocenters. The summed E-state index contributed by atoms with van der Waals surface area (Å²) in [5.74, 6) is 0. The first-order valence-electron chi connectivity index (χ1n) is 2.82. The first-order valence-corrected chi connectivity index (χ1v) is 3.19. The van der Waals surface area contributed by atoms with Crippen LogP contribution in [-0.2, 0) is 4.18 Å². The highest BCUT2D eigenvalue weighted by atomic mass is 32.1. The van der Waals surface area contributed by atoms with Gasteiger partial charge in [0, 0.05) is 0 Å². The van der Waals surface area contributed by atoms with Crippen molar-refractivity contribution < 1.29 is 4.18 Å². The lowest BCUT2D eigenvalue weighted by atomic mass is 9.93. The SMILES string of the molecule is CC(C)(C)CCOS. The van der Waals surface area contributed by atoms with Gasteiger partial charge >= 0.3 is 0 Å². The molecule has 2 heteroatoms. The van der Waals surface area contributed by atoms with Crippen molar-refractivity contribution in [2.75, 3.05) is 6.61 Å². The molecule has 0 aromatic carbocycles. The summed E-state index contributed by atoms with van der Waals surface area (Å²) in [6, 6.07) is 0. The van der Waals surface area contributed by atoms with Crippen molar-refractivity contribution in [3.8, 4) is 0 Å². The van der Waals surface area contributed by atoms with E-state index in [1.54, 1.807) is 0 Å². The molecule has 0 spiro atoms. The second-order valence-corrected chi connectivity index (χ2v) is 3.40. The van der Waals surface area contributed by atoms with E-state index < -0.39 is 0 Å². The van der Waals surface area contributed by atoms with Gasteiger partial charge in [-0.25, -0.2) is 0 Å². The average molecular weight is 134 g/mol. The fraction of sp³-hybridized carbons (Fsp3) is 1.00. The zero-order valence-electron chi connectivity index (χ0n) is 5.77. The van der Waals surface area contributed by atoms with Gasteiger partial charge in [0.2, 0.25) is 0 Å². The molecule has 8 heavy (non-hydrogen) atoms. The second-order valence-electron chi connectivity index (χ2n) is 3.14. The van der Waals surface area contributed by atoms with Crippen molar-refractivity contribution in [2.24, 2.45) is 5.41 Å². The van der Waals surface area contributed by atoms with E-state index >= 15 is 0 Å². The fourth-order valence-electron chi connectivity index (χ4n) is 0.352. The molecule has 0 aliphatic heterocycles. The molecule has 1 nitrogen and oxygen atoms in total. The largest absolute Gasteiger partial charge is 0.318 e. The van der Waals surface area contributed by atoms with Crippen LogP contribution in [0.5, 0.6) is 0 Å². The van der Waals surface area contributed by atoms with Crippen molar-refractivity contribution >= 4 is 12.9 Å². The number of hydrogen-bond acceptors (Lipinski definition) is 2. The number of rotatable bonds is 2. The quantitative estimate of drug-likeness (QED) is 0.450. The number of hydrogen-bond donors (Lipinski definition) is 1. The van der Waals surface area contributed by atoms with E-state index in [-0.39, 0.29) is 0 Å². The van der Waals surface area contributed by atoms with Crippen molar-refractivity contribution in [3.05, 3.63) is 0 Å². The van der Waals surface area contributed by atoms with Crippen LogP contribution in [0.2, 0.25) is 0 Å². The molecule has 0 amide bonds. The van der Waals surface area contributed by atoms with Gasteiger partial charge in [0.05, 0.1) is 6.61 Å². The molecule has 0 rings (SSSR count). The van der Waals surface area contributed by atoms with E-state index in [4.69, 9.17) is 0 Å². The normalized spacial score (nSPS) is 12.0. The highest BCUT2D eigenvalue weighted by Gasteiger charge is 2.08. The Morgan fingerprint density at radius 1 is 1.38 bits per heavy atom. The molecule has 0 N–H and O–H groups in total. The van der Waals surface area contributed by atoms with Crippen LogP contribution in [0.15, 0.2) is 0 Å². The maximum atomic E-state index is 4.61. The van der Waals surface area contributed by atoms with Gasteiger partial charge in [0.15, 0.2) is 0 Å². The molecule has 50 valence electrons. The molecule has 0 fully saturated rings. The Kier molecular flexibility index (Phi) is 3.49. The zero-order chi connectivity index (χ0) is 6.62. The molecule has 0 saturated heterocycles. The lowest BCUT2D eigenvalue weighted by Gasteiger charge is -2.15. The zero-order valence-corrected chi connectivity index (χ0v) is 6.66. The summed E-state index contributed by atoms with van der Waals surface area (Å²) < 4.78 is 4.61. The summed E-state index contributed by atoms with van der Waals surface area (Å²) >= 11 is 3.63. The molecule has 0 aliphatic carbocycles. The van der Waals surface area contributed by atoms with Gasteiger partial charge in [0.25, 0.3) is 0 Å². The molecule has 0 heterocycles. The van der Waals surface area contributed by atoms with Crippen LogP contribution in [0, 0.1) is 5.41 Å². The lowest BCUT2D eigenvalue weighted by molar-refractivity contribution is 0.275. The Morgan fingerprint density at radius 2 is 1.88 bits per heavy atom. The lowest BCUT2D eigenvalue weighted by Crippen LogP contribution is -2.07. The van der Waals surface area contributed by atoms with Crippen LogP contribution >= 0.6 is 12.9 Å². The number of thiol groups is 1. The van der Waals surface area contributed by atoms with E-state index in [9.17, 15) is 0 Å². The van der Waals surface area contributed by atoms with Gasteiger partial charge < -0.3 is 4.18 Å². The summed E-state index contributed by atoms with van der Waals surface area (Å²) in [6.07, 6.45) is 1.07. The second kappa shape index (κ2) is 3.36. The van der Waals surface area contributed by atoms with Crippen molar-refractivity contribution in [3.63, 3.8) is 0 Å². The van der Waals surface area contributed by atoms with Gasteiger partial charge in [-0.2, -0.15) is 0 Å². The molecular formula is C6H14OS. The molecule has 0 bridgehead atoms. The minimum atomic E-state index is 0.378. The predicted molar refractivity (Wildman–Crippen MR) is 39.0 cm³/mol. The molecule has 0 saturated carbocycles. The van der Waals surface area contributed by atoms with Crippen molar-refractivity contribution in [2.45, 2.75) is 27.2 Å². The van der Waals surface area contributed by atoms with Crippen molar-refractivity contribution in [1.82, 2.24) is 0 Å². The fourth-order valence-corrected chi connectivity index (χ4v) is 0.443. The highest BCUT2D eigenvalue weighted by Crippen LogP contribution is 2.17. The van der Waals surface area contributed by atoms with Gasteiger partial charge in [-0.15, -0.1) is 0 Å². The maximum absolute atomic E-state index is 4.61. The Labute approximate surface area is 57.0 Å². The molecule has 0 aromatic heterocycles. The Bertz CT molecular complexity index is 56.0.